The summed E-state index contributed by atoms with van der Waals surface area (Å²) in [6, 6.07) is 0. The standard InChI is InChI=1S/C9H23N2.C2H6O4S/c1-5-8-11(6-2,7-3)9(4)10;1-2-6-7(3,4)5/h9H,5-8,10H2,1-4H3;2H2,1H3,(H,3,4,5)/q+1;/p-1. The third kappa shape index (κ3) is 8.82. The number of quaternary nitrogens is 1. The lowest BCUT2D eigenvalue weighted by Crippen LogP contribution is -2.58. The molecule has 112 valence electrons. The van der Waals surface area contributed by atoms with Gasteiger partial charge in [0.1, 0.15) is 6.17 Å². The Bertz CT molecular complexity index is 287. The van der Waals surface area contributed by atoms with Gasteiger partial charge in [0, 0.05) is 6.92 Å². The summed E-state index contributed by atoms with van der Waals surface area (Å²) >= 11 is 0. The summed E-state index contributed by atoms with van der Waals surface area (Å²) < 4.78 is 33.1. The average molecular weight is 284 g/mol. The fraction of sp³-hybridized carbons (Fsp3) is 1.00. The van der Waals surface area contributed by atoms with E-state index in [1.54, 1.807) is 0 Å². The van der Waals surface area contributed by atoms with Gasteiger partial charge < -0.3 is 9.04 Å². The van der Waals surface area contributed by atoms with E-state index >= 15 is 0 Å². The van der Waals surface area contributed by atoms with E-state index in [1.165, 1.54) is 19.9 Å². The molecule has 0 aromatic carbocycles. The molecule has 0 aromatic heterocycles. The molecule has 0 fully saturated rings. The SMILES string of the molecule is CCC[N+](CC)(CC)C(C)N.CCOS(=O)(=O)[O-]. The molecule has 0 radical (unpaired) electrons. The fourth-order valence-electron chi connectivity index (χ4n) is 1.91. The van der Waals surface area contributed by atoms with E-state index in [2.05, 4.69) is 31.9 Å². The molecule has 1 unspecified atom stereocenters. The van der Waals surface area contributed by atoms with Gasteiger partial charge in [0.05, 0.1) is 26.2 Å². The van der Waals surface area contributed by atoms with Gasteiger partial charge in [-0.25, -0.2) is 8.42 Å². The molecule has 0 rings (SSSR count). The Kier molecular flexibility index (Phi) is 10.8. The van der Waals surface area contributed by atoms with Crippen LogP contribution >= 0.6 is 0 Å². The second-order valence-electron chi connectivity index (χ2n) is 4.13. The molecule has 0 aromatic rings. The minimum atomic E-state index is -4.42. The molecule has 0 spiro atoms. The molecular weight excluding hydrogens is 256 g/mol. The summed E-state index contributed by atoms with van der Waals surface area (Å²) in [6.07, 6.45) is 1.51. The molecule has 0 aliphatic rings. The van der Waals surface area contributed by atoms with E-state index in [-0.39, 0.29) is 12.8 Å². The van der Waals surface area contributed by atoms with Crippen molar-refractivity contribution in [2.75, 3.05) is 26.2 Å². The van der Waals surface area contributed by atoms with Crippen LogP contribution in [-0.2, 0) is 14.6 Å². The zero-order valence-corrected chi connectivity index (χ0v) is 13.0. The molecule has 18 heavy (non-hydrogen) atoms. The van der Waals surface area contributed by atoms with Crippen molar-refractivity contribution in [3.05, 3.63) is 0 Å². The Morgan fingerprint density at radius 1 is 1.22 bits per heavy atom. The van der Waals surface area contributed by atoms with Crippen LogP contribution in [0.5, 0.6) is 0 Å². The van der Waals surface area contributed by atoms with Gasteiger partial charge in [-0.3, -0.25) is 9.92 Å². The summed E-state index contributed by atoms with van der Waals surface area (Å²) in [5, 5.41) is 0. The molecule has 7 heteroatoms. The summed E-state index contributed by atoms with van der Waals surface area (Å²) in [5.74, 6) is 0. The van der Waals surface area contributed by atoms with Gasteiger partial charge in [-0.05, 0) is 27.2 Å². The zero-order valence-electron chi connectivity index (χ0n) is 12.2. The first-order valence-electron chi connectivity index (χ1n) is 6.40. The maximum atomic E-state index is 9.45. The first-order chi connectivity index (χ1) is 8.19. The molecule has 0 saturated heterocycles. The molecular formula is C11H28N2O4S. The second-order valence-corrected chi connectivity index (χ2v) is 5.18. The molecule has 0 heterocycles. The quantitative estimate of drug-likeness (QED) is 0.326. The van der Waals surface area contributed by atoms with Gasteiger partial charge in [-0.15, -0.1) is 0 Å². The average Bonchev–Trinajstić information content (AvgIpc) is 2.24. The predicted molar refractivity (Wildman–Crippen MR) is 71.5 cm³/mol. The largest absolute Gasteiger partial charge is 0.726 e. The second kappa shape index (κ2) is 9.69. The summed E-state index contributed by atoms with van der Waals surface area (Å²) in [7, 11) is -4.42. The molecule has 0 aliphatic carbocycles. The summed E-state index contributed by atoms with van der Waals surface area (Å²) in [4.78, 5) is 0. The minimum absolute atomic E-state index is 0.0914. The zero-order chi connectivity index (χ0) is 14.8. The van der Waals surface area contributed by atoms with Crippen LogP contribution < -0.4 is 5.73 Å². The number of rotatable bonds is 7. The lowest BCUT2D eigenvalue weighted by molar-refractivity contribution is -0.946. The Morgan fingerprint density at radius 2 is 1.67 bits per heavy atom. The highest BCUT2D eigenvalue weighted by molar-refractivity contribution is 7.80. The molecule has 0 bridgehead atoms. The number of nitrogens with zero attached hydrogens (tertiary/aromatic N) is 1. The maximum Gasteiger partial charge on any atom is 0.217 e. The highest BCUT2D eigenvalue weighted by Gasteiger charge is 2.25. The smallest absolute Gasteiger partial charge is 0.217 e. The maximum absolute atomic E-state index is 9.45. The van der Waals surface area contributed by atoms with Gasteiger partial charge in [-0.1, -0.05) is 6.92 Å². The molecule has 0 amide bonds. The Hall–Kier alpha value is -0.210. The van der Waals surface area contributed by atoms with E-state index in [9.17, 15) is 13.0 Å². The van der Waals surface area contributed by atoms with Crippen LogP contribution in [-0.4, -0.2) is 49.9 Å². The molecule has 1 atom stereocenters. The van der Waals surface area contributed by atoms with E-state index in [4.69, 9.17) is 5.73 Å². The lowest BCUT2D eigenvalue weighted by atomic mass is 10.2. The van der Waals surface area contributed by atoms with E-state index in [0.29, 0.717) is 0 Å². The predicted octanol–water partition coefficient (Wildman–Crippen LogP) is 1.04. The summed E-state index contributed by atoms with van der Waals surface area (Å²) in [5.41, 5.74) is 5.95. The van der Waals surface area contributed by atoms with Crippen molar-refractivity contribution in [1.82, 2.24) is 0 Å². The lowest BCUT2D eigenvalue weighted by Gasteiger charge is -2.40. The van der Waals surface area contributed by atoms with Crippen molar-refractivity contribution in [1.29, 1.82) is 0 Å². The topological polar surface area (TPSA) is 92.5 Å². The molecule has 0 saturated carbocycles. The Morgan fingerprint density at radius 3 is 1.72 bits per heavy atom. The van der Waals surface area contributed by atoms with Crippen LogP contribution in [0.25, 0.3) is 0 Å². The van der Waals surface area contributed by atoms with Crippen LogP contribution in [0.2, 0.25) is 0 Å². The highest BCUT2D eigenvalue weighted by Crippen LogP contribution is 2.10. The van der Waals surface area contributed by atoms with Gasteiger partial charge in [0.2, 0.25) is 10.4 Å². The van der Waals surface area contributed by atoms with Gasteiger partial charge in [0.25, 0.3) is 0 Å². The Balaban J connectivity index is 0. The van der Waals surface area contributed by atoms with Crippen LogP contribution in [0.4, 0.5) is 0 Å². The van der Waals surface area contributed by atoms with Crippen molar-refractivity contribution in [2.45, 2.75) is 47.2 Å². The van der Waals surface area contributed by atoms with Crippen LogP contribution in [0.3, 0.4) is 0 Å². The normalized spacial score (nSPS) is 13.7. The van der Waals surface area contributed by atoms with Gasteiger partial charge in [0.15, 0.2) is 0 Å². The first-order valence-corrected chi connectivity index (χ1v) is 7.73. The van der Waals surface area contributed by atoms with E-state index < -0.39 is 10.4 Å². The number of hydrogen-bond donors (Lipinski definition) is 1. The molecule has 0 aliphatic heterocycles. The van der Waals surface area contributed by atoms with Crippen molar-refractivity contribution in [3.63, 3.8) is 0 Å². The van der Waals surface area contributed by atoms with E-state index in [0.717, 1.165) is 17.6 Å². The van der Waals surface area contributed by atoms with Crippen LogP contribution in [0, 0.1) is 0 Å². The fourth-order valence-corrected chi connectivity index (χ4v) is 2.20. The molecule has 2 N–H and O–H groups in total. The third-order valence-electron chi connectivity index (χ3n) is 3.05. The van der Waals surface area contributed by atoms with Crippen molar-refractivity contribution >= 4 is 10.4 Å². The number of hydrogen-bond acceptors (Lipinski definition) is 5. The Labute approximate surface area is 112 Å². The third-order valence-corrected chi connectivity index (χ3v) is 3.58. The first kappa shape index (κ1) is 20.1. The van der Waals surface area contributed by atoms with Crippen LogP contribution in [0.15, 0.2) is 0 Å². The van der Waals surface area contributed by atoms with Crippen LogP contribution in [0.1, 0.15) is 41.0 Å². The van der Waals surface area contributed by atoms with Crippen molar-refractivity contribution in [3.8, 4) is 0 Å². The molecule has 6 nitrogen and oxygen atoms in total. The summed E-state index contributed by atoms with van der Waals surface area (Å²) in [6.45, 7) is 13.6. The minimum Gasteiger partial charge on any atom is -0.726 e. The monoisotopic (exact) mass is 284 g/mol. The highest BCUT2D eigenvalue weighted by atomic mass is 32.3. The van der Waals surface area contributed by atoms with Gasteiger partial charge in [-0.2, -0.15) is 0 Å². The van der Waals surface area contributed by atoms with Crippen molar-refractivity contribution < 1.29 is 21.6 Å². The van der Waals surface area contributed by atoms with Crippen molar-refractivity contribution in [2.24, 2.45) is 5.73 Å². The number of nitrogens with two attached hydrogens (primary N) is 1. The van der Waals surface area contributed by atoms with E-state index in [1.807, 2.05) is 0 Å². The van der Waals surface area contributed by atoms with Gasteiger partial charge >= 0.3 is 0 Å².